The molecule has 0 aliphatic heterocycles. The maximum atomic E-state index is 12.1. The van der Waals surface area contributed by atoms with Crippen molar-refractivity contribution in [1.29, 1.82) is 0 Å². The average Bonchev–Trinajstić information content (AvgIpc) is 3.20. The lowest BCUT2D eigenvalue weighted by molar-refractivity contribution is -0.149. The average molecular weight is 460 g/mol. The van der Waals surface area contributed by atoms with E-state index >= 15 is 0 Å². The number of nitrogens with one attached hydrogen (secondary N) is 1. The first kappa shape index (κ1) is 20.5. The highest BCUT2D eigenvalue weighted by molar-refractivity contribution is 9.10. The van der Waals surface area contributed by atoms with Crippen molar-refractivity contribution in [3.63, 3.8) is 0 Å². The predicted molar refractivity (Wildman–Crippen MR) is 107 cm³/mol. The molecule has 29 heavy (non-hydrogen) atoms. The minimum atomic E-state index is -0.854. The van der Waals surface area contributed by atoms with E-state index in [-0.39, 0.29) is 19.1 Å². The molecule has 0 bridgehead atoms. The Morgan fingerprint density at radius 2 is 1.83 bits per heavy atom. The van der Waals surface area contributed by atoms with Gasteiger partial charge in [-0.15, -0.1) is 10.2 Å². The standard InChI is InChI=1S/C20H18BrN3O5/c1-13(22-17(25)11-27-14-7-3-2-4-8-14)20(26)28-12-18-23-24-19(29-18)15-9-5-6-10-16(15)21/h2-10,13H,11-12H2,1H3,(H,22,25)/t13-/m0/s1. The molecule has 0 spiro atoms. The summed E-state index contributed by atoms with van der Waals surface area (Å²) in [7, 11) is 0. The Morgan fingerprint density at radius 1 is 1.10 bits per heavy atom. The number of hydrogen-bond acceptors (Lipinski definition) is 7. The third kappa shape index (κ3) is 5.89. The number of amides is 1. The maximum Gasteiger partial charge on any atom is 0.328 e. The van der Waals surface area contributed by atoms with Gasteiger partial charge in [0.05, 0.1) is 5.56 Å². The van der Waals surface area contributed by atoms with Crippen LogP contribution in [0, 0.1) is 0 Å². The number of ether oxygens (including phenoxy) is 2. The lowest BCUT2D eigenvalue weighted by Gasteiger charge is -2.13. The topological polar surface area (TPSA) is 104 Å². The molecule has 0 aliphatic rings. The number of benzene rings is 2. The summed E-state index contributed by atoms with van der Waals surface area (Å²) in [5.41, 5.74) is 0.733. The van der Waals surface area contributed by atoms with Crippen molar-refractivity contribution in [2.24, 2.45) is 0 Å². The molecule has 1 amide bonds. The van der Waals surface area contributed by atoms with Gasteiger partial charge in [0, 0.05) is 4.47 Å². The second-order valence-corrected chi connectivity index (χ2v) is 6.83. The number of halogens is 1. The van der Waals surface area contributed by atoms with Gasteiger partial charge in [0.1, 0.15) is 11.8 Å². The van der Waals surface area contributed by atoms with E-state index in [9.17, 15) is 9.59 Å². The Balaban J connectivity index is 1.45. The summed E-state index contributed by atoms with van der Waals surface area (Å²) in [4.78, 5) is 24.0. The largest absolute Gasteiger partial charge is 0.484 e. The molecular formula is C20H18BrN3O5. The number of hydrogen-bond donors (Lipinski definition) is 1. The normalized spacial score (nSPS) is 11.5. The Hall–Kier alpha value is -3.20. The number of carbonyl (C=O) groups excluding carboxylic acids is 2. The Bertz CT molecular complexity index is 977. The lowest BCUT2D eigenvalue weighted by atomic mass is 10.2. The van der Waals surface area contributed by atoms with E-state index in [4.69, 9.17) is 13.9 Å². The maximum absolute atomic E-state index is 12.1. The van der Waals surface area contributed by atoms with E-state index in [0.717, 1.165) is 10.0 Å². The Kier molecular flexibility index (Phi) is 6.96. The smallest absolute Gasteiger partial charge is 0.328 e. The van der Waals surface area contributed by atoms with Crippen LogP contribution in [0.1, 0.15) is 12.8 Å². The molecule has 1 atom stereocenters. The van der Waals surface area contributed by atoms with Crippen molar-refractivity contribution in [2.45, 2.75) is 19.6 Å². The molecule has 1 N–H and O–H groups in total. The molecule has 150 valence electrons. The highest BCUT2D eigenvalue weighted by Crippen LogP contribution is 2.26. The summed E-state index contributed by atoms with van der Waals surface area (Å²) in [6.45, 7) is 1.11. The summed E-state index contributed by atoms with van der Waals surface area (Å²) in [6.07, 6.45) is 0. The molecule has 0 saturated heterocycles. The zero-order valence-electron chi connectivity index (χ0n) is 15.5. The molecule has 0 unspecified atom stereocenters. The number of aromatic nitrogens is 2. The fourth-order valence-corrected chi connectivity index (χ4v) is 2.78. The van der Waals surface area contributed by atoms with Gasteiger partial charge in [-0.05, 0) is 47.1 Å². The molecule has 0 radical (unpaired) electrons. The van der Waals surface area contributed by atoms with E-state index in [2.05, 4.69) is 31.4 Å². The molecule has 1 heterocycles. The SMILES string of the molecule is C[C@H](NC(=O)COc1ccccc1)C(=O)OCc1nnc(-c2ccccc2Br)o1. The van der Waals surface area contributed by atoms with Crippen LogP contribution in [0.4, 0.5) is 0 Å². The molecule has 0 aliphatic carbocycles. The quantitative estimate of drug-likeness (QED) is 0.515. The van der Waals surface area contributed by atoms with E-state index < -0.39 is 17.9 Å². The van der Waals surface area contributed by atoms with Crippen LogP contribution in [-0.2, 0) is 20.9 Å². The number of carbonyl (C=O) groups is 2. The van der Waals surface area contributed by atoms with Crippen LogP contribution in [0.15, 0.2) is 63.5 Å². The van der Waals surface area contributed by atoms with E-state index in [1.54, 1.807) is 24.3 Å². The molecule has 3 aromatic rings. The fraction of sp³-hybridized carbons (Fsp3) is 0.200. The molecule has 0 saturated carbocycles. The van der Waals surface area contributed by atoms with E-state index in [0.29, 0.717) is 11.6 Å². The minimum Gasteiger partial charge on any atom is -0.484 e. The number of esters is 1. The second-order valence-electron chi connectivity index (χ2n) is 5.98. The molecule has 3 rings (SSSR count). The number of para-hydroxylation sites is 1. The minimum absolute atomic E-state index is 0.148. The van der Waals surface area contributed by atoms with Crippen LogP contribution in [0.3, 0.4) is 0 Å². The summed E-state index contributed by atoms with van der Waals surface area (Å²) in [5, 5.41) is 10.3. The van der Waals surface area contributed by atoms with Gasteiger partial charge in [0.2, 0.25) is 5.89 Å². The Morgan fingerprint density at radius 3 is 2.59 bits per heavy atom. The summed E-state index contributed by atoms with van der Waals surface area (Å²) in [5.74, 6) is -0.0425. The van der Waals surface area contributed by atoms with Crippen LogP contribution >= 0.6 is 15.9 Å². The van der Waals surface area contributed by atoms with Gasteiger partial charge in [0.25, 0.3) is 11.8 Å². The highest BCUT2D eigenvalue weighted by atomic mass is 79.9. The highest BCUT2D eigenvalue weighted by Gasteiger charge is 2.19. The first-order chi connectivity index (χ1) is 14.0. The van der Waals surface area contributed by atoms with Gasteiger partial charge in [-0.25, -0.2) is 4.79 Å². The fourth-order valence-electron chi connectivity index (χ4n) is 2.32. The van der Waals surface area contributed by atoms with Crippen molar-refractivity contribution in [2.75, 3.05) is 6.61 Å². The summed E-state index contributed by atoms with van der Waals surface area (Å²) < 4.78 is 16.8. The first-order valence-electron chi connectivity index (χ1n) is 8.74. The van der Waals surface area contributed by atoms with Gasteiger partial charge < -0.3 is 19.2 Å². The van der Waals surface area contributed by atoms with E-state index in [1.165, 1.54) is 6.92 Å². The molecular weight excluding hydrogens is 442 g/mol. The van der Waals surface area contributed by atoms with Crippen molar-refractivity contribution in [3.8, 4) is 17.2 Å². The third-order valence-electron chi connectivity index (χ3n) is 3.75. The summed E-state index contributed by atoms with van der Waals surface area (Å²) >= 11 is 3.41. The zero-order chi connectivity index (χ0) is 20.6. The van der Waals surface area contributed by atoms with Gasteiger partial charge in [0.15, 0.2) is 13.2 Å². The van der Waals surface area contributed by atoms with Crippen molar-refractivity contribution < 1.29 is 23.5 Å². The Labute approximate surface area is 175 Å². The van der Waals surface area contributed by atoms with Gasteiger partial charge in [-0.2, -0.15) is 0 Å². The molecule has 0 fully saturated rings. The predicted octanol–water partition coefficient (Wildman–Crippen LogP) is 3.13. The van der Waals surface area contributed by atoms with Crippen LogP contribution < -0.4 is 10.1 Å². The second kappa shape index (κ2) is 9.83. The van der Waals surface area contributed by atoms with Crippen LogP contribution in [0.25, 0.3) is 11.5 Å². The monoisotopic (exact) mass is 459 g/mol. The molecule has 9 heteroatoms. The molecule has 1 aromatic heterocycles. The first-order valence-corrected chi connectivity index (χ1v) is 9.53. The molecule has 2 aromatic carbocycles. The van der Waals surface area contributed by atoms with Crippen LogP contribution in [0.2, 0.25) is 0 Å². The lowest BCUT2D eigenvalue weighted by Crippen LogP contribution is -2.41. The summed E-state index contributed by atoms with van der Waals surface area (Å²) in [6, 6.07) is 15.4. The van der Waals surface area contributed by atoms with Crippen molar-refractivity contribution in [1.82, 2.24) is 15.5 Å². The third-order valence-corrected chi connectivity index (χ3v) is 4.44. The number of rotatable bonds is 8. The van der Waals surface area contributed by atoms with Gasteiger partial charge in [-0.3, -0.25) is 4.79 Å². The molecule has 8 nitrogen and oxygen atoms in total. The van der Waals surface area contributed by atoms with Crippen molar-refractivity contribution in [3.05, 3.63) is 65.0 Å². The van der Waals surface area contributed by atoms with Gasteiger partial charge >= 0.3 is 5.97 Å². The van der Waals surface area contributed by atoms with E-state index in [1.807, 2.05) is 30.3 Å². The number of nitrogens with zero attached hydrogens (tertiary/aromatic N) is 2. The van der Waals surface area contributed by atoms with Gasteiger partial charge in [-0.1, -0.05) is 30.3 Å². The van der Waals surface area contributed by atoms with Crippen LogP contribution in [0.5, 0.6) is 5.75 Å². The zero-order valence-corrected chi connectivity index (χ0v) is 17.1. The van der Waals surface area contributed by atoms with Crippen molar-refractivity contribution >= 4 is 27.8 Å². The van der Waals surface area contributed by atoms with Crippen LogP contribution in [-0.4, -0.2) is 34.7 Å².